The Balaban J connectivity index is 2.26. The molecule has 1 unspecified atom stereocenters. The quantitative estimate of drug-likeness (QED) is 0.372. The van der Waals surface area contributed by atoms with E-state index in [9.17, 15) is 9.36 Å². The number of ether oxygens (including phenoxy) is 1. The summed E-state index contributed by atoms with van der Waals surface area (Å²) in [5, 5.41) is 9.33. The maximum absolute atomic E-state index is 13.3. The lowest BCUT2D eigenvalue weighted by Crippen LogP contribution is -2.38. The van der Waals surface area contributed by atoms with E-state index in [2.05, 4.69) is 0 Å². The molecule has 114 valence electrons. The van der Waals surface area contributed by atoms with Crippen molar-refractivity contribution in [2.45, 2.75) is 6.92 Å². The summed E-state index contributed by atoms with van der Waals surface area (Å²) >= 11 is 0. The molecule has 0 saturated heterocycles. The van der Waals surface area contributed by atoms with E-state index in [-0.39, 0.29) is 6.54 Å². The van der Waals surface area contributed by atoms with Gasteiger partial charge in [0.2, 0.25) is 0 Å². The number of nitrogens with zero attached hydrogens (tertiary/aromatic N) is 1. The van der Waals surface area contributed by atoms with Crippen LogP contribution < -0.4 is 15.5 Å². The van der Waals surface area contributed by atoms with Crippen molar-refractivity contribution in [2.24, 2.45) is 0 Å². The van der Waals surface area contributed by atoms with Crippen LogP contribution in [0.5, 0.6) is 5.75 Å². The highest BCUT2D eigenvalue weighted by Crippen LogP contribution is 2.50. The summed E-state index contributed by atoms with van der Waals surface area (Å²) in [5.41, 5.74) is 1.58. The Morgan fingerprint density at radius 2 is 2.10 bits per heavy atom. The number of allylic oxidation sites excluding steroid dienone is 1. The number of hydrogen-bond donors (Lipinski definition) is 2. The van der Waals surface area contributed by atoms with Gasteiger partial charge in [-0.05, 0) is 31.2 Å². The zero-order valence-corrected chi connectivity index (χ0v) is 12.8. The maximum Gasteiger partial charge on any atom is 0.257 e. The Bertz CT molecular complexity index is 571. The fourth-order valence-electron chi connectivity index (χ4n) is 2.25. The van der Waals surface area contributed by atoms with Crippen LogP contribution in [0.4, 0.5) is 0 Å². The summed E-state index contributed by atoms with van der Waals surface area (Å²) in [7, 11) is -2.86. The predicted molar refractivity (Wildman–Crippen MR) is 80.4 cm³/mol. The molecule has 2 rings (SSSR count). The maximum atomic E-state index is 13.3. The first-order valence-electron chi connectivity index (χ1n) is 6.76. The number of carbonyl (C=O) groups excluding carboxylic acids is 1. The summed E-state index contributed by atoms with van der Waals surface area (Å²) in [4.78, 5) is 11.4. The zero-order chi connectivity index (χ0) is 15.3. The van der Waals surface area contributed by atoms with E-state index in [0.29, 0.717) is 24.6 Å². The second kappa shape index (κ2) is 6.89. The van der Waals surface area contributed by atoms with Crippen LogP contribution in [0.3, 0.4) is 0 Å². The van der Waals surface area contributed by atoms with Crippen molar-refractivity contribution < 1.29 is 19.3 Å². The molecule has 1 aliphatic heterocycles. The first-order chi connectivity index (χ1) is 10.1. The number of amides is 1. The molecule has 0 bridgehead atoms. The average molecular weight is 310 g/mol. The second-order valence-corrected chi connectivity index (χ2v) is 7.51. The van der Waals surface area contributed by atoms with Crippen LogP contribution >= 0.6 is 7.29 Å². The molecule has 1 aliphatic rings. The molecule has 6 nitrogen and oxygen atoms in total. The molecule has 2 N–H and O–H groups in total. The van der Waals surface area contributed by atoms with Crippen LogP contribution in [0.1, 0.15) is 6.92 Å². The number of rotatable bonds is 5. The SMILES string of the molecule is CCOc1ccc(P2(=O)CC=CCN2CC(=O)NO)cc1. The molecule has 1 atom stereocenters. The van der Waals surface area contributed by atoms with Gasteiger partial charge in [0.15, 0.2) is 7.29 Å². The Hall–Kier alpha value is -1.62. The van der Waals surface area contributed by atoms with Gasteiger partial charge in [-0.25, -0.2) is 10.2 Å². The van der Waals surface area contributed by atoms with Gasteiger partial charge < -0.3 is 9.30 Å². The highest BCUT2D eigenvalue weighted by molar-refractivity contribution is 7.69. The van der Waals surface area contributed by atoms with Crippen LogP contribution in [0.25, 0.3) is 0 Å². The second-order valence-electron chi connectivity index (χ2n) is 4.66. The standard InChI is InChI=1S/C14H19N2O4P/c1-2-20-12-5-7-13(8-6-12)21(19)10-4-3-9-16(21)11-14(17)15-18/h3-8,18H,2,9-11H2,1H3,(H,15,17). The molecule has 0 aliphatic carbocycles. The van der Waals surface area contributed by atoms with Gasteiger partial charge in [-0.1, -0.05) is 12.2 Å². The summed E-state index contributed by atoms with van der Waals surface area (Å²) in [6, 6.07) is 7.10. The van der Waals surface area contributed by atoms with Gasteiger partial charge >= 0.3 is 0 Å². The van der Waals surface area contributed by atoms with Crippen LogP contribution in [0.2, 0.25) is 0 Å². The van der Waals surface area contributed by atoms with Crippen molar-refractivity contribution in [3.63, 3.8) is 0 Å². The molecular weight excluding hydrogens is 291 g/mol. The molecule has 0 fully saturated rings. The zero-order valence-electron chi connectivity index (χ0n) is 11.9. The van der Waals surface area contributed by atoms with E-state index < -0.39 is 13.2 Å². The third kappa shape index (κ3) is 3.53. The van der Waals surface area contributed by atoms with Crippen LogP contribution in [0, 0.1) is 0 Å². The van der Waals surface area contributed by atoms with Crippen molar-refractivity contribution >= 4 is 18.5 Å². The minimum Gasteiger partial charge on any atom is -0.494 e. The van der Waals surface area contributed by atoms with Crippen molar-refractivity contribution in [3.8, 4) is 5.75 Å². The van der Waals surface area contributed by atoms with Gasteiger partial charge in [0.05, 0.1) is 13.2 Å². The molecule has 0 radical (unpaired) electrons. The lowest BCUT2D eigenvalue weighted by Gasteiger charge is -2.32. The number of hydrogen-bond acceptors (Lipinski definition) is 4. The minimum absolute atomic E-state index is 0.106. The summed E-state index contributed by atoms with van der Waals surface area (Å²) in [5.74, 6) is 0.150. The fraction of sp³-hybridized carbons (Fsp3) is 0.357. The van der Waals surface area contributed by atoms with Crippen LogP contribution in [-0.4, -0.2) is 41.6 Å². The Labute approximate surface area is 123 Å². The van der Waals surface area contributed by atoms with E-state index in [1.165, 1.54) is 0 Å². The van der Waals surface area contributed by atoms with Gasteiger partial charge in [0.1, 0.15) is 5.75 Å². The van der Waals surface area contributed by atoms with E-state index in [0.717, 1.165) is 5.75 Å². The Morgan fingerprint density at radius 3 is 2.71 bits per heavy atom. The normalized spacial score (nSPS) is 22.0. The van der Waals surface area contributed by atoms with Crippen molar-refractivity contribution in [1.82, 2.24) is 10.2 Å². The summed E-state index contributed by atoms with van der Waals surface area (Å²) < 4.78 is 20.2. The molecule has 7 heteroatoms. The van der Waals surface area contributed by atoms with Gasteiger partial charge in [-0.2, -0.15) is 0 Å². The van der Waals surface area contributed by atoms with E-state index in [1.54, 1.807) is 34.4 Å². The smallest absolute Gasteiger partial charge is 0.257 e. The van der Waals surface area contributed by atoms with Gasteiger partial charge in [0.25, 0.3) is 5.91 Å². The minimum atomic E-state index is -2.86. The van der Waals surface area contributed by atoms with Crippen LogP contribution in [-0.2, 0) is 9.36 Å². The Kier molecular flexibility index (Phi) is 5.17. The first kappa shape index (κ1) is 15.8. The molecule has 0 spiro atoms. The average Bonchev–Trinajstić information content (AvgIpc) is 2.50. The molecule has 21 heavy (non-hydrogen) atoms. The van der Waals surface area contributed by atoms with E-state index in [1.807, 2.05) is 19.1 Å². The van der Waals surface area contributed by atoms with Crippen molar-refractivity contribution in [2.75, 3.05) is 25.9 Å². The molecular formula is C14H19N2O4P. The number of benzene rings is 1. The molecule has 1 aromatic rings. The third-order valence-corrected chi connectivity index (χ3v) is 6.32. The monoisotopic (exact) mass is 310 g/mol. The predicted octanol–water partition coefficient (Wildman–Crippen LogP) is 1.37. The molecule has 0 aromatic heterocycles. The summed E-state index contributed by atoms with van der Waals surface area (Å²) in [6.45, 7) is 2.78. The molecule has 1 amide bonds. The van der Waals surface area contributed by atoms with Crippen molar-refractivity contribution in [1.29, 1.82) is 0 Å². The van der Waals surface area contributed by atoms with Crippen LogP contribution in [0.15, 0.2) is 36.4 Å². The van der Waals surface area contributed by atoms with E-state index >= 15 is 0 Å². The first-order valence-corrected chi connectivity index (χ1v) is 8.60. The molecule has 1 aromatic carbocycles. The Morgan fingerprint density at radius 1 is 1.38 bits per heavy atom. The third-order valence-electron chi connectivity index (χ3n) is 3.29. The number of nitrogens with one attached hydrogen (secondary N) is 1. The van der Waals surface area contributed by atoms with Crippen molar-refractivity contribution in [3.05, 3.63) is 36.4 Å². The topological polar surface area (TPSA) is 78.9 Å². The lowest BCUT2D eigenvalue weighted by molar-refractivity contribution is -0.129. The van der Waals surface area contributed by atoms with E-state index in [4.69, 9.17) is 9.94 Å². The van der Waals surface area contributed by atoms with Gasteiger partial charge in [-0.15, -0.1) is 0 Å². The largest absolute Gasteiger partial charge is 0.494 e. The van der Waals surface area contributed by atoms with Gasteiger partial charge in [0, 0.05) is 18.0 Å². The highest BCUT2D eigenvalue weighted by Gasteiger charge is 2.34. The highest BCUT2D eigenvalue weighted by atomic mass is 31.2. The summed E-state index contributed by atoms with van der Waals surface area (Å²) in [6.07, 6.45) is 4.11. The molecule has 0 saturated carbocycles. The number of hydroxylamine groups is 1. The lowest BCUT2D eigenvalue weighted by atomic mass is 10.3. The fourth-order valence-corrected chi connectivity index (χ4v) is 4.78. The number of carbonyl (C=O) groups is 1. The van der Waals surface area contributed by atoms with Gasteiger partial charge in [-0.3, -0.25) is 10.0 Å². The molecule has 1 heterocycles.